The molecule has 0 unspecified atom stereocenters. The van der Waals surface area contributed by atoms with Gasteiger partial charge >= 0.3 is 12.2 Å². The number of aromatic nitrogens is 1. The van der Waals surface area contributed by atoms with E-state index in [2.05, 4.69) is 20.9 Å². The molecule has 0 radical (unpaired) electrons. The van der Waals surface area contributed by atoms with Gasteiger partial charge in [-0.3, -0.25) is 0 Å². The summed E-state index contributed by atoms with van der Waals surface area (Å²) in [5, 5.41) is 18.7. The molecule has 2 N–H and O–H groups in total. The molecule has 6 nitrogen and oxygen atoms in total. The first-order valence-electron chi connectivity index (χ1n) is 7.16. The summed E-state index contributed by atoms with van der Waals surface area (Å²) < 4.78 is 0.773. The zero-order chi connectivity index (χ0) is 18.3. The number of rotatable bonds is 1. The van der Waals surface area contributed by atoms with Crippen LogP contribution in [0.1, 0.15) is 58.4 Å². The zero-order valence-electron chi connectivity index (χ0n) is 14.5. The average molecular weight is 387 g/mol. The van der Waals surface area contributed by atoms with Crippen molar-refractivity contribution in [2.24, 2.45) is 0 Å². The van der Waals surface area contributed by atoms with Crippen molar-refractivity contribution in [3.63, 3.8) is 0 Å². The van der Waals surface area contributed by atoms with Gasteiger partial charge in [-0.1, -0.05) is 41.5 Å². The van der Waals surface area contributed by atoms with E-state index in [-0.39, 0.29) is 16.1 Å². The molecule has 0 bridgehead atoms. The monoisotopic (exact) mass is 386 g/mol. The highest BCUT2D eigenvalue weighted by Gasteiger charge is 2.35. The molecule has 2 amide bonds. The van der Waals surface area contributed by atoms with Crippen LogP contribution in [0.4, 0.5) is 15.4 Å². The maximum Gasteiger partial charge on any atom is 0.422 e. The maximum absolute atomic E-state index is 11.5. The number of amides is 2. The fraction of sp³-hybridized carbons (Fsp3) is 0.562. The fourth-order valence-electron chi connectivity index (χ4n) is 2.49. The summed E-state index contributed by atoms with van der Waals surface area (Å²) in [5.41, 5.74) is 1.14. The molecular formula is C16H23BrN2O4. The number of hydrogen-bond donors (Lipinski definition) is 2. The van der Waals surface area contributed by atoms with Gasteiger partial charge in [0.1, 0.15) is 0 Å². The molecule has 1 heterocycles. The Kier molecular flexibility index (Phi) is 5.16. The normalized spacial score (nSPS) is 12.2. The van der Waals surface area contributed by atoms with Gasteiger partial charge in [-0.2, -0.15) is 4.90 Å². The van der Waals surface area contributed by atoms with E-state index in [0.717, 1.165) is 10.0 Å². The van der Waals surface area contributed by atoms with E-state index >= 15 is 0 Å². The van der Waals surface area contributed by atoms with Crippen LogP contribution in [0.5, 0.6) is 0 Å². The van der Waals surface area contributed by atoms with Crippen LogP contribution in [0, 0.1) is 6.92 Å². The van der Waals surface area contributed by atoms with Crippen molar-refractivity contribution in [1.82, 2.24) is 4.98 Å². The maximum atomic E-state index is 11.5. The smallest absolute Gasteiger partial charge is 0.422 e. The van der Waals surface area contributed by atoms with Crippen molar-refractivity contribution in [3.8, 4) is 0 Å². The molecule has 0 fully saturated rings. The van der Waals surface area contributed by atoms with E-state index in [4.69, 9.17) is 0 Å². The zero-order valence-corrected chi connectivity index (χ0v) is 16.1. The van der Waals surface area contributed by atoms with Gasteiger partial charge in [0.25, 0.3) is 0 Å². The molecule has 0 aliphatic rings. The number of carboxylic acid groups (broad SMARTS) is 2. The fourth-order valence-corrected chi connectivity index (χ4v) is 3.37. The molecule has 0 saturated carbocycles. The number of halogens is 1. The van der Waals surface area contributed by atoms with Gasteiger partial charge in [0, 0.05) is 15.5 Å². The highest BCUT2D eigenvalue weighted by atomic mass is 79.9. The van der Waals surface area contributed by atoms with E-state index in [1.165, 1.54) is 0 Å². The molecule has 0 aliphatic carbocycles. The number of pyridine rings is 1. The summed E-state index contributed by atoms with van der Waals surface area (Å²) >= 11 is 3.54. The third-order valence-electron chi connectivity index (χ3n) is 3.41. The average Bonchev–Trinajstić information content (AvgIpc) is 2.29. The lowest BCUT2D eigenvalue weighted by molar-refractivity contribution is 0.184. The second-order valence-corrected chi connectivity index (χ2v) is 8.29. The van der Waals surface area contributed by atoms with Gasteiger partial charge in [0.05, 0.1) is 5.69 Å². The van der Waals surface area contributed by atoms with E-state index < -0.39 is 17.6 Å². The minimum absolute atomic E-state index is 0.0527. The predicted octanol–water partition coefficient (Wildman–Crippen LogP) is 4.91. The Morgan fingerprint density at radius 3 is 1.74 bits per heavy atom. The molecule has 0 atom stereocenters. The third-order valence-corrected chi connectivity index (χ3v) is 4.38. The van der Waals surface area contributed by atoms with Crippen LogP contribution in [0.25, 0.3) is 0 Å². The summed E-state index contributed by atoms with van der Waals surface area (Å²) in [6, 6.07) is 0. The number of imide groups is 1. The van der Waals surface area contributed by atoms with Crippen LogP contribution in [-0.4, -0.2) is 27.4 Å². The summed E-state index contributed by atoms with van der Waals surface area (Å²) in [6.45, 7) is 13.3. The minimum atomic E-state index is -1.57. The molecule has 7 heteroatoms. The van der Waals surface area contributed by atoms with Gasteiger partial charge in [0.2, 0.25) is 0 Å². The lowest BCUT2D eigenvalue weighted by Crippen LogP contribution is -2.38. The van der Waals surface area contributed by atoms with Crippen molar-refractivity contribution in [3.05, 3.63) is 21.3 Å². The van der Waals surface area contributed by atoms with E-state index in [0.29, 0.717) is 11.3 Å². The Morgan fingerprint density at radius 2 is 1.43 bits per heavy atom. The Bertz CT molecular complexity index is 644. The Morgan fingerprint density at radius 1 is 1.00 bits per heavy atom. The van der Waals surface area contributed by atoms with Crippen LogP contribution in [0.3, 0.4) is 0 Å². The molecular weight excluding hydrogens is 364 g/mol. The van der Waals surface area contributed by atoms with E-state index in [9.17, 15) is 19.8 Å². The minimum Gasteiger partial charge on any atom is -0.464 e. The third kappa shape index (κ3) is 3.83. The van der Waals surface area contributed by atoms with Crippen molar-refractivity contribution in [2.75, 3.05) is 4.90 Å². The SMILES string of the molecule is Cc1c(Br)c(C(C)(C)C)nc(N(C(=O)O)C(=O)O)c1C(C)(C)C. The van der Waals surface area contributed by atoms with Crippen molar-refractivity contribution in [2.45, 2.75) is 59.3 Å². The lowest BCUT2D eigenvalue weighted by Gasteiger charge is -2.31. The number of nitrogens with zero attached hydrogens (tertiary/aromatic N) is 2. The first-order valence-corrected chi connectivity index (χ1v) is 7.96. The van der Waals surface area contributed by atoms with Crippen LogP contribution >= 0.6 is 15.9 Å². The Labute approximate surface area is 144 Å². The highest BCUT2D eigenvalue weighted by Crippen LogP contribution is 2.41. The second kappa shape index (κ2) is 6.11. The molecule has 0 saturated heterocycles. The lowest BCUT2D eigenvalue weighted by atomic mass is 9.82. The molecule has 0 aliphatic heterocycles. The van der Waals surface area contributed by atoms with Gasteiger partial charge in [-0.05, 0) is 33.8 Å². The standard InChI is InChI=1S/C16H23BrN2O4/c1-8-9(15(2,3)4)12(19(13(20)21)14(22)23)18-11(10(8)17)16(5,6)7/h1-7H3,(H,20,21)(H,22,23). The molecule has 0 spiro atoms. The second-order valence-electron chi connectivity index (χ2n) is 7.50. The quantitative estimate of drug-likeness (QED) is 0.715. The van der Waals surface area contributed by atoms with Gasteiger partial charge < -0.3 is 10.2 Å². The highest BCUT2D eigenvalue weighted by molar-refractivity contribution is 9.10. The van der Waals surface area contributed by atoms with E-state index in [1.54, 1.807) is 0 Å². The van der Waals surface area contributed by atoms with Crippen LogP contribution in [-0.2, 0) is 10.8 Å². The number of carbonyl (C=O) groups is 2. The summed E-state index contributed by atoms with van der Waals surface area (Å²) in [6.07, 6.45) is -3.14. The topological polar surface area (TPSA) is 90.7 Å². The predicted molar refractivity (Wildman–Crippen MR) is 92.6 cm³/mol. The molecule has 0 aromatic carbocycles. The van der Waals surface area contributed by atoms with Gasteiger partial charge in [0.15, 0.2) is 5.82 Å². The molecule has 1 aromatic rings. The van der Waals surface area contributed by atoms with Crippen LogP contribution in [0.2, 0.25) is 0 Å². The first-order chi connectivity index (χ1) is 10.2. The summed E-state index contributed by atoms with van der Waals surface area (Å²) in [4.78, 5) is 27.7. The number of anilines is 1. The Hall–Kier alpha value is -1.63. The van der Waals surface area contributed by atoms with Crippen LogP contribution in [0.15, 0.2) is 4.47 Å². The molecule has 1 rings (SSSR count). The largest absolute Gasteiger partial charge is 0.464 e. The van der Waals surface area contributed by atoms with Crippen molar-refractivity contribution < 1.29 is 19.8 Å². The summed E-state index contributed by atoms with van der Waals surface area (Å²) in [7, 11) is 0. The van der Waals surface area contributed by atoms with Crippen molar-refractivity contribution >= 4 is 33.9 Å². The Balaban J connectivity index is 3.95. The van der Waals surface area contributed by atoms with E-state index in [1.807, 2.05) is 48.5 Å². The molecule has 128 valence electrons. The first kappa shape index (κ1) is 19.4. The molecule has 1 aromatic heterocycles. The summed E-state index contributed by atoms with van der Waals surface area (Å²) in [5.74, 6) is -0.0527. The van der Waals surface area contributed by atoms with Gasteiger partial charge in [-0.15, -0.1) is 0 Å². The van der Waals surface area contributed by atoms with Crippen LogP contribution < -0.4 is 4.90 Å². The van der Waals surface area contributed by atoms with Crippen molar-refractivity contribution in [1.29, 1.82) is 0 Å². The number of hydrogen-bond acceptors (Lipinski definition) is 3. The molecule has 23 heavy (non-hydrogen) atoms. The van der Waals surface area contributed by atoms with Gasteiger partial charge in [-0.25, -0.2) is 14.6 Å².